The molecular weight excluding hydrogens is 446 g/mol. The normalized spacial score (nSPS) is 16.1. The van der Waals surface area contributed by atoms with E-state index in [2.05, 4.69) is 9.47 Å². The van der Waals surface area contributed by atoms with E-state index in [0.29, 0.717) is 34.4 Å². The lowest BCUT2D eigenvalue weighted by atomic mass is 10.00. The fourth-order valence-electron chi connectivity index (χ4n) is 4.53. The third-order valence-electron chi connectivity index (χ3n) is 6.00. The number of aromatic nitrogens is 1. The SMILES string of the molecule is COc1ccc(CN2CCCn3cccc3C2c2cc([N+](=O)[O-])ccc2Cl)c(OC)c1OC. The maximum atomic E-state index is 11.5. The van der Waals surface area contributed by atoms with Crippen LogP contribution in [0.5, 0.6) is 17.2 Å². The number of fused-ring (bicyclic) bond motifs is 1. The van der Waals surface area contributed by atoms with Crippen LogP contribution in [-0.4, -0.2) is 42.3 Å². The molecule has 0 saturated carbocycles. The minimum atomic E-state index is -0.392. The summed E-state index contributed by atoms with van der Waals surface area (Å²) in [6.07, 6.45) is 2.95. The molecular formula is C24H26ClN3O5. The first kappa shape index (κ1) is 22.9. The average molecular weight is 472 g/mol. The van der Waals surface area contributed by atoms with Gasteiger partial charge in [-0.25, -0.2) is 0 Å². The Morgan fingerprint density at radius 1 is 1.06 bits per heavy atom. The first-order valence-electron chi connectivity index (χ1n) is 10.6. The standard InChI is InChI=1S/C24H26ClN3O5/c1-31-21-10-7-16(23(32-2)24(21)33-3)15-27-13-5-12-26-11-4-6-20(26)22(27)18-14-17(28(29)30)8-9-19(18)25/h4,6-11,14,22H,5,12-13,15H2,1-3H3. The molecule has 33 heavy (non-hydrogen) atoms. The summed E-state index contributed by atoms with van der Waals surface area (Å²) in [6.45, 7) is 2.15. The van der Waals surface area contributed by atoms with Crippen molar-refractivity contribution in [2.75, 3.05) is 27.9 Å². The minimum Gasteiger partial charge on any atom is -0.493 e. The second-order valence-corrected chi connectivity index (χ2v) is 8.22. The Kier molecular flexibility index (Phi) is 6.76. The van der Waals surface area contributed by atoms with Crippen LogP contribution in [0.25, 0.3) is 0 Å². The number of ether oxygens (including phenoxy) is 3. The Morgan fingerprint density at radius 3 is 2.55 bits per heavy atom. The number of halogens is 1. The minimum absolute atomic E-state index is 0.0143. The van der Waals surface area contributed by atoms with Gasteiger partial charge < -0.3 is 18.8 Å². The van der Waals surface area contributed by atoms with Gasteiger partial charge >= 0.3 is 0 Å². The number of hydrogen-bond acceptors (Lipinski definition) is 6. The molecule has 4 rings (SSSR count). The topological polar surface area (TPSA) is 79.0 Å². The van der Waals surface area contributed by atoms with Gasteiger partial charge in [-0.3, -0.25) is 15.0 Å². The van der Waals surface area contributed by atoms with Crippen molar-refractivity contribution in [1.29, 1.82) is 0 Å². The Balaban J connectivity index is 1.83. The van der Waals surface area contributed by atoms with E-state index in [1.165, 1.54) is 6.07 Å². The van der Waals surface area contributed by atoms with Crippen molar-refractivity contribution >= 4 is 17.3 Å². The average Bonchev–Trinajstić information content (AvgIpc) is 3.20. The molecule has 1 unspecified atom stereocenters. The number of nitro benzene ring substituents is 1. The molecule has 0 N–H and O–H groups in total. The van der Waals surface area contributed by atoms with E-state index < -0.39 is 4.92 Å². The highest BCUT2D eigenvalue weighted by molar-refractivity contribution is 6.31. The molecule has 0 spiro atoms. The van der Waals surface area contributed by atoms with Crippen molar-refractivity contribution in [3.8, 4) is 17.2 Å². The Morgan fingerprint density at radius 2 is 1.85 bits per heavy atom. The monoisotopic (exact) mass is 471 g/mol. The van der Waals surface area contributed by atoms with Crippen LogP contribution in [0.4, 0.5) is 5.69 Å². The predicted octanol–water partition coefficient (Wildman–Crippen LogP) is 5.07. The van der Waals surface area contributed by atoms with Crippen LogP contribution in [0.15, 0.2) is 48.7 Å². The van der Waals surface area contributed by atoms with Crippen LogP contribution < -0.4 is 14.2 Å². The summed E-state index contributed by atoms with van der Waals surface area (Å²) in [6, 6.07) is 12.2. The van der Waals surface area contributed by atoms with Gasteiger partial charge in [0.15, 0.2) is 11.5 Å². The van der Waals surface area contributed by atoms with Crippen molar-refractivity contribution in [3.63, 3.8) is 0 Å². The van der Waals surface area contributed by atoms with E-state index >= 15 is 0 Å². The molecule has 9 heteroatoms. The molecule has 8 nitrogen and oxygen atoms in total. The lowest BCUT2D eigenvalue weighted by molar-refractivity contribution is -0.384. The zero-order valence-electron chi connectivity index (χ0n) is 18.8. The Bertz CT molecular complexity index is 1160. The van der Waals surface area contributed by atoms with Gasteiger partial charge in [0.05, 0.1) is 32.3 Å². The maximum absolute atomic E-state index is 11.5. The van der Waals surface area contributed by atoms with Gasteiger partial charge in [-0.05, 0) is 30.7 Å². The summed E-state index contributed by atoms with van der Waals surface area (Å²) in [7, 11) is 4.76. The second kappa shape index (κ2) is 9.72. The summed E-state index contributed by atoms with van der Waals surface area (Å²) in [5.41, 5.74) is 2.67. The fraction of sp³-hybridized carbons (Fsp3) is 0.333. The molecule has 0 aliphatic carbocycles. The third-order valence-corrected chi connectivity index (χ3v) is 6.34. The number of rotatable bonds is 7. The van der Waals surface area contributed by atoms with Crippen molar-refractivity contribution in [1.82, 2.24) is 9.47 Å². The lowest BCUT2D eigenvalue weighted by Gasteiger charge is -2.31. The Hall–Kier alpha value is -3.23. The van der Waals surface area contributed by atoms with Crippen molar-refractivity contribution < 1.29 is 19.1 Å². The van der Waals surface area contributed by atoms with Gasteiger partial charge in [-0.1, -0.05) is 17.7 Å². The smallest absolute Gasteiger partial charge is 0.269 e. The summed E-state index contributed by atoms with van der Waals surface area (Å²) in [4.78, 5) is 13.4. The van der Waals surface area contributed by atoms with E-state index in [0.717, 1.165) is 30.8 Å². The number of nitro groups is 1. The van der Waals surface area contributed by atoms with Gasteiger partial charge in [0, 0.05) is 59.8 Å². The van der Waals surface area contributed by atoms with Crippen LogP contribution in [-0.2, 0) is 13.1 Å². The highest BCUT2D eigenvalue weighted by Gasteiger charge is 2.31. The molecule has 2 heterocycles. The lowest BCUT2D eigenvalue weighted by Crippen LogP contribution is -2.30. The van der Waals surface area contributed by atoms with Crippen LogP contribution in [0.1, 0.15) is 29.3 Å². The van der Waals surface area contributed by atoms with Gasteiger partial charge in [-0.2, -0.15) is 0 Å². The second-order valence-electron chi connectivity index (χ2n) is 7.81. The first-order valence-corrected chi connectivity index (χ1v) is 11.0. The molecule has 1 aliphatic heterocycles. The molecule has 174 valence electrons. The number of methoxy groups -OCH3 is 3. The third kappa shape index (κ3) is 4.36. The van der Waals surface area contributed by atoms with Crippen molar-refractivity contribution in [2.24, 2.45) is 0 Å². The molecule has 0 radical (unpaired) electrons. The van der Waals surface area contributed by atoms with Crippen molar-refractivity contribution in [3.05, 3.63) is 80.6 Å². The van der Waals surface area contributed by atoms with E-state index in [9.17, 15) is 10.1 Å². The zero-order valence-corrected chi connectivity index (χ0v) is 19.5. The van der Waals surface area contributed by atoms with Gasteiger partial charge in [0.2, 0.25) is 5.75 Å². The van der Waals surface area contributed by atoms with Crippen LogP contribution in [0.3, 0.4) is 0 Å². The number of aryl methyl sites for hydroxylation is 1. The van der Waals surface area contributed by atoms with Crippen LogP contribution >= 0.6 is 11.6 Å². The summed E-state index contributed by atoms with van der Waals surface area (Å²) in [5.74, 6) is 1.71. The zero-order chi connectivity index (χ0) is 23.5. The van der Waals surface area contributed by atoms with Gasteiger partial charge in [0.25, 0.3) is 5.69 Å². The van der Waals surface area contributed by atoms with E-state index in [-0.39, 0.29) is 11.7 Å². The molecule has 0 fully saturated rings. The van der Waals surface area contributed by atoms with Gasteiger partial charge in [0.1, 0.15) is 0 Å². The van der Waals surface area contributed by atoms with E-state index in [1.54, 1.807) is 33.5 Å². The van der Waals surface area contributed by atoms with Crippen LogP contribution in [0, 0.1) is 10.1 Å². The van der Waals surface area contributed by atoms with Crippen molar-refractivity contribution in [2.45, 2.75) is 25.6 Å². The molecule has 1 aliphatic rings. The van der Waals surface area contributed by atoms with E-state index in [1.807, 2.05) is 30.5 Å². The summed E-state index contributed by atoms with van der Waals surface area (Å²) < 4.78 is 18.9. The van der Waals surface area contributed by atoms with Gasteiger partial charge in [-0.15, -0.1) is 0 Å². The number of non-ortho nitro benzene ring substituents is 1. The molecule has 1 aromatic heterocycles. The summed E-state index contributed by atoms with van der Waals surface area (Å²) in [5, 5.41) is 12.0. The van der Waals surface area contributed by atoms with Crippen LogP contribution in [0.2, 0.25) is 5.02 Å². The molecule has 0 saturated heterocycles. The maximum Gasteiger partial charge on any atom is 0.269 e. The number of hydrogen-bond donors (Lipinski definition) is 0. The molecule has 0 bridgehead atoms. The molecule has 0 amide bonds. The molecule has 3 aromatic rings. The highest BCUT2D eigenvalue weighted by atomic mass is 35.5. The summed E-state index contributed by atoms with van der Waals surface area (Å²) >= 11 is 6.62. The predicted molar refractivity (Wildman–Crippen MR) is 126 cm³/mol. The quantitative estimate of drug-likeness (QED) is 0.353. The Labute approximate surface area is 197 Å². The van der Waals surface area contributed by atoms with E-state index in [4.69, 9.17) is 25.8 Å². The largest absolute Gasteiger partial charge is 0.493 e. The molecule has 2 aromatic carbocycles. The fourth-order valence-corrected chi connectivity index (χ4v) is 4.75. The first-order chi connectivity index (χ1) is 16.0. The number of benzene rings is 2. The highest BCUT2D eigenvalue weighted by Crippen LogP contribution is 2.43. The molecule has 1 atom stereocenters. The number of nitrogens with zero attached hydrogens (tertiary/aromatic N) is 3.